The Morgan fingerprint density at radius 3 is 2.31 bits per heavy atom. The van der Waals surface area contributed by atoms with E-state index in [9.17, 15) is 4.79 Å². The highest BCUT2D eigenvalue weighted by molar-refractivity contribution is 8.00. The Hall–Kier alpha value is -0.260. The fourth-order valence-corrected chi connectivity index (χ4v) is 1.83. The molecule has 0 aromatic rings. The molecule has 0 aliphatic carbocycles. The predicted molar refractivity (Wildman–Crippen MR) is 52.0 cm³/mol. The highest BCUT2D eigenvalue weighted by Gasteiger charge is 2.17. The molecule has 0 spiro atoms. The molecule has 0 bridgehead atoms. The third kappa shape index (κ3) is 5.13. The van der Waals surface area contributed by atoms with Crippen molar-refractivity contribution in [1.29, 1.82) is 0 Å². The lowest BCUT2D eigenvalue weighted by molar-refractivity contribution is -0.136. The van der Waals surface area contributed by atoms with E-state index in [0.717, 1.165) is 0 Å². The zero-order valence-electron chi connectivity index (χ0n) is 8.15. The third-order valence-corrected chi connectivity index (χ3v) is 3.01. The molecule has 1 unspecified atom stereocenters. The molecule has 0 saturated carbocycles. The Kier molecular flexibility index (Phi) is 7.03. The largest absolute Gasteiger partial charge is 0.480 e. The molecule has 0 fully saturated rings. The lowest BCUT2D eigenvalue weighted by Gasteiger charge is -2.15. The fraction of sp³-hybridized carbons (Fsp3) is 0.875. The summed E-state index contributed by atoms with van der Waals surface area (Å²) < 4.78 is 9.88. The van der Waals surface area contributed by atoms with Crippen molar-refractivity contribution in [2.45, 2.75) is 24.9 Å². The summed E-state index contributed by atoms with van der Waals surface area (Å²) in [5, 5.41) is 8.36. The molecule has 78 valence electrons. The number of ether oxygens (including phenoxy) is 2. The maximum absolute atomic E-state index is 10.6. The van der Waals surface area contributed by atoms with Gasteiger partial charge < -0.3 is 14.6 Å². The molecule has 0 aliphatic rings. The molecule has 0 heterocycles. The van der Waals surface area contributed by atoms with Gasteiger partial charge >= 0.3 is 5.97 Å². The molecule has 0 saturated heterocycles. The first-order valence-corrected chi connectivity index (χ1v) is 5.10. The monoisotopic (exact) mass is 208 g/mol. The Morgan fingerprint density at radius 1 is 1.46 bits per heavy atom. The van der Waals surface area contributed by atoms with E-state index in [1.54, 1.807) is 0 Å². The van der Waals surface area contributed by atoms with Crippen LogP contribution in [0.1, 0.15) is 13.3 Å². The lowest BCUT2D eigenvalue weighted by Crippen LogP contribution is -2.21. The summed E-state index contributed by atoms with van der Waals surface area (Å²) in [6.07, 6.45) is 0.290. The summed E-state index contributed by atoms with van der Waals surface area (Å²) in [6, 6.07) is 0. The molecular formula is C8H16O4S. The molecule has 0 radical (unpaired) electrons. The minimum absolute atomic E-state index is 0.321. The molecule has 4 nitrogen and oxygen atoms in total. The van der Waals surface area contributed by atoms with Crippen molar-refractivity contribution in [2.75, 3.05) is 20.0 Å². The van der Waals surface area contributed by atoms with Crippen LogP contribution in [0, 0.1) is 0 Å². The van der Waals surface area contributed by atoms with E-state index in [-0.39, 0.29) is 11.5 Å². The van der Waals surface area contributed by atoms with Crippen molar-refractivity contribution in [1.82, 2.24) is 0 Å². The summed E-state index contributed by atoms with van der Waals surface area (Å²) in [4.78, 5) is 10.6. The second kappa shape index (κ2) is 7.17. The van der Waals surface area contributed by atoms with Crippen LogP contribution in [0.4, 0.5) is 0 Å². The first kappa shape index (κ1) is 12.7. The van der Waals surface area contributed by atoms with Gasteiger partial charge in [-0.3, -0.25) is 4.79 Å². The normalized spacial score (nSPS) is 13.2. The van der Waals surface area contributed by atoms with E-state index < -0.39 is 5.97 Å². The lowest BCUT2D eigenvalue weighted by atomic mass is 10.3. The number of carbonyl (C=O) groups is 1. The van der Waals surface area contributed by atoms with Gasteiger partial charge in [-0.2, -0.15) is 0 Å². The van der Waals surface area contributed by atoms with Gasteiger partial charge in [-0.15, -0.1) is 11.8 Å². The van der Waals surface area contributed by atoms with Crippen LogP contribution in [-0.2, 0) is 14.3 Å². The number of hydrogen-bond acceptors (Lipinski definition) is 4. The van der Waals surface area contributed by atoms with E-state index in [2.05, 4.69) is 0 Å². The summed E-state index contributed by atoms with van der Waals surface area (Å²) in [5.41, 5.74) is 0. The van der Waals surface area contributed by atoms with Crippen molar-refractivity contribution in [3.63, 3.8) is 0 Å². The van der Waals surface area contributed by atoms with Crippen LogP contribution < -0.4 is 0 Å². The van der Waals surface area contributed by atoms with Crippen LogP contribution in [0.15, 0.2) is 0 Å². The average Bonchev–Trinajstić information content (AvgIpc) is 2.12. The van der Waals surface area contributed by atoms with Crippen LogP contribution in [0.25, 0.3) is 0 Å². The van der Waals surface area contributed by atoms with Gasteiger partial charge in [-0.25, -0.2) is 0 Å². The number of rotatable bonds is 7. The molecule has 5 heteroatoms. The van der Waals surface area contributed by atoms with Crippen LogP contribution >= 0.6 is 11.8 Å². The highest BCUT2D eigenvalue weighted by atomic mass is 32.2. The Morgan fingerprint density at radius 2 is 2.00 bits per heavy atom. The van der Waals surface area contributed by atoms with E-state index in [0.29, 0.717) is 12.2 Å². The van der Waals surface area contributed by atoms with Gasteiger partial charge in [0.05, 0.1) is 0 Å². The first-order valence-electron chi connectivity index (χ1n) is 4.05. The third-order valence-electron chi connectivity index (χ3n) is 1.61. The number of hydrogen-bond donors (Lipinski definition) is 1. The highest BCUT2D eigenvalue weighted by Crippen LogP contribution is 2.16. The maximum Gasteiger partial charge on any atom is 0.316 e. The van der Waals surface area contributed by atoms with Gasteiger partial charge in [-0.1, -0.05) is 6.92 Å². The molecule has 13 heavy (non-hydrogen) atoms. The molecule has 0 aromatic heterocycles. The second-order valence-electron chi connectivity index (χ2n) is 2.47. The number of methoxy groups -OCH3 is 2. The van der Waals surface area contributed by atoms with Gasteiger partial charge in [0.15, 0.2) is 6.29 Å². The molecule has 0 aromatic carbocycles. The van der Waals surface area contributed by atoms with Crippen LogP contribution in [0.3, 0.4) is 0 Å². The van der Waals surface area contributed by atoms with Gasteiger partial charge in [0.25, 0.3) is 0 Å². The van der Waals surface area contributed by atoms with Crippen molar-refractivity contribution in [2.24, 2.45) is 0 Å². The predicted octanol–water partition coefficient (Wildman–Crippen LogP) is 1.20. The van der Waals surface area contributed by atoms with Crippen LogP contribution in [0.2, 0.25) is 0 Å². The molecule has 0 amide bonds. The van der Waals surface area contributed by atoms with Crippen molar-refractivity contribution < 1.29 is 19.4 Å². The Labute approximate surface area is 82.6 Å². The van der Waals surface area contributed by atoms with Crippen LogP contribution in [-0.4, -0.2) is 42.6 Å². The van der Waals surface area contributed by atoms with Crippen molar-refractivity contribution >= 4 is 17.7 Å². The molecular weight excluding hydrogens is 192 g/mol. The van der Waals surface area contributed by atoms with Gasteiger partial charge in [0, 0.05) is 20.0 Å². The van der Waals surface area contributed by atoms with Crippen molar-refractivity contribution in [3.05, 3.63) is 0 Å². The van der Waals surface area contributed by atoms with Crippen molar-refractivity contribution in [3.8, 4) is 0 Å². The van der Waals surface area contributed by atoms with E-state index in [1.807, 2.05) is 6.92 Å². The maximum atomic E-state index is 10.6. The topological polar surface area (TPSA) is 55.8 Å². The SMILES string of the molecule is CCC(SCC(OC)OC)C(=O)O. The van der Waals surface area contributed by atoms with E-state index >= 15 is 0 Å². The number of thioether (sulfide) groups is 1. The molecule has 0 aliphatic heterocycles. The standard InChI is InChI=1S/C8H16O4S/c1-4-6(8(9)10)13-5-7(11-2)12-3/h6-7H,4-5H2,1-3H3,(H,9,10). The zero-order chi connectivity index (χ0) is 10.3. The van der Waals surface area contributed by atoms with E-state index in [1.165, 1.54) is 26.0 Å². The number of aliphatic carboxylic acids is 1. The molecule has 0 rings (SSSR count). The van der Waals surface area contributed by atoms with Crippen LogP contribution in [0.5, 0.6) is 0 Å². The quantitative estimate of drug-likeness (QED) is 0.637. The summed E-state index contributed by atoms with van der Waals surface area (Å²) in [7, 11) is 3.08. The summed E-state index contributed by atoms with van der Waals surface area (Å²) in [6.45, 7) is 1.85. The Bertz CT molecular complexity index is 147. The summed E-state index contributed by atoms with van der Waals surface area (Å²) >= 11 is 1.34. The molecule has 1 N–H and O–H groups in total. The minimum Gasteiger partial charge on any atom is -0.480 e. The molecule has 1 atom stereocenters. The van der Waals surface area contributed by atoms with E-state index in [4.69, 9.17) is 14.6 Å². The smallest absolute Gasteiger partial charge is 0.316 e. The zero-order valence-corrected chi connectivity index (χ0v) is 8.97. The van der Waals surface area contributed by atoms with Gasteiger partial charge in [0.2, 0.25) is 0 Å². The van der Waals surface area contributed by atoms with Gasteiger partial charge in [-0.05, 0) is 6.42 Å². The first-order chi connectivity index (χ1) is 6.15. The number of carboxylic acid groups (broad SMARTS) is 1. The second-order valence-corrected chi connectivity index (χ2v) is 3.71. The Balaban J connectivity index is 3.76. The fourth-order valence-electron chi connectivity index (χ4n) is 0.791. The summed E-state index contributed by atoms with van der Waals surface area (Å²) in [5.74, 6) is -0.240. The van der Waals surface area contributed by atoms with Gasteiger partial charge in [0.1, 0.15) is 5.25 Å². The minimum atomic E-state index is -0.779. The number of carboxylic acids is 1. The average molecular weight is 208 g/mol.